The summed E-state index contributed by atoms with van der Waals surface area (Å²) in [6.45, 7) is 0. The summed E-state index contributed by atoms with van der Waals surface area (Å²) in [6, 6.07) is 0. The van der Waals surface area contributed by atoms with Crippen LogP contribution in [0.3, 0.4) is 0 Å². The van der Waals surface area contributed by atoms with E-state index in [9.17, 15) is 9.59 Å². The summed E-state index contributed by atoms with van der Waals surface area (Å²) in [7, 11) is 0. The van der Waals surface area contributed by atoms with Crippen LogP contribution in [0, 0.1) is 0 Å². The molecule has 1 amide bonds. The Labute approximate surface area is 65.6 Å². The molecule has 1 atom stereocenters. The molecule has 1 unspecified atom stereocenters. The zero-order valence-electron chi connectivity index (χ0n) is 4.50. The van der Waals surface area contributed by atoms with Gasteiger partial charge in [-0.1, -0.05) is 22.6 Å². The largest absolute Gasteiger partial charge is 0.481 e. The summed E-state index contributed by atoms with van der Waals surface area (Å²) in [6.07, 6.45) is -0.199. The molecule has 0 aromatic carbocycles. The van der Waals surface area contributed by atoms with E-state index in [1.807, 2.05) is 0 Å². The van der Waals surface area contributed by atoms with Gasteiger partial charge in [0.1, 0.15) is 0 Å². The van der Waals surface area contributed by atoms with Crippen LogP contribution in [0.15, 0.2) is 0 Å². The Hall–Kier alpha value is -0.330. The minimum atomic E-state index is -1.01. The van der Waals surface area contributed by atoms with Gasteiger partial charge in [-0.15, -0.1) is 0 Å². The van der Waals surface area contributed by atoms with Gasteiger partial charge in [-0.25, -0.2) is 0 Å². The molecule has 0 fully saturated rings. The Kier molecular flexibility index (Phi) is 3.52. The van der Waals surface area contributed by atoms with Crippen LogP contribution in [-0.2, 0) is 9.59 Å². The Balaban J connectivity index is 3.63. The molecule has 3 N–H and O–H groups in total. The van der Waals surface area contributed by atoms with Crippen LogP contribution in [0.4, 0.5) is 0 Å². The molecule has 0 aromatic rings. The minimum Gasteiger partial charge on any atom is -0.481 e. The average Bonchev–Trinajstić information content (AvgIpc) is 1.63. The zero-order valence-corrected chi connectivity index (χ0v) is 6.66. The van der Waals surface area contributed by atoms with Crippen LogP contribution in [0.2, 0.25) is 0 Å². The third-order valence-corrected chi connectivity index (χ3v) is 1.72. The molecular formula is C4H6INO3. The van der Waals surface area contributed by atoms with Crippen molar-refractivity contribution in [2.24, 2.45) is 5.73 Å². The number of amides is 1. The van der Waals surface area contributed by atoms with E-state index in [-0.39, 0.29) is 6.42 Å². The highest BCUT2D eigenvalue weighted by molar-refractivity contribution is 14.1. The highest BCUT2D eigenvalue weighted by Crippen LogP contribution is 2.03. The monoisotopic (exact) mass is 243 g/mol. The molecule has 0 saturated heterocycles. The maximum absolute atomic E-state index is 10.2. The van der Waals surface area contributed by atoms with Gasteiger partial charge in [-0.05, 0) is 0 Å². The third kappa shape index (κ3) is 4.19. The van der Waals surface area contributed by atoms with Crippen molar-refractivity contribution in [2.45, 2.75) is 10.3 Å². The first-order valence-electron chi connectivity index (χ1n) is 2.19. The lowest BCUT2D eigenvalue weighted by molar-refractivity contribution is -0.138. The summed E-state index contributed by atoms with van der Waals surface area (Å²) in [4.78, 5) is 20.1. The van der Waals surface area contributed by atoms with Gasteiger partial charge in [0.05, 0.1) is 10.3 Å². The second kappa shape index (κ2) is 3.65. The van der Waals surface area contributed by atoms with E-state index in [1.54, 1.807) is 22.6 Å². The number of hydrogen-bond acceptors (Lipinski definition) is 2. The van der Waals surface area contributed by atoms with Crippen molar-refractivity contribution >= 4 is 34.5 Å². The molecule has 4 nitrogen and oxygen atoms in total. The predicted octanol–water partition coefficient (Wildman–Crippen LogP) is -0.250. The Bertz CT molecular complexity index is 136. The fourth-order valence-corrected chi connectivity index (χ4v) is 0.631. The number of carbonyl (C=O) groups excluding carboxylic acids is 1. The van der Waals surface area contributed by atoms with Crippen LogP contribution in [0.1, 0.15) is 6.42 Å². The first kappa shape index (κ1) is 8.67. The van der Waals surface area contributed by atoms with Gasteiger partial charge in [0, 0.05) is 0 Å². The second-order valence-corrected chi connectivity index (χ2v) is 2.97. The molecule has 0 aliphatic carbocycles. The van der Waals surface area contributed by atoms with E-state index in [2.05, 4.69) is 0 Å². The molecule has 0 aliphatic heterocycles. The lowest BCUT2D eigenvalue weighted by Crippen LogP contribution is -2.25. The van der Waals surface area contributed by atoms with Crippen molar-refractivity contribution in [1.29, 1.82) is 0 Å². The molecule has 9 heavy (non-hydrogen) atoms. The van der Waals surface area contributed by atoms with Crippen molar-refractivity contribution in [2.75, 3.05) is 0 Å². The number of halogens is 1. The number of alkyl halides is 1. The molecule has 0 saturated carbocycles. The third-order valence-electron chi connectivity index (χ3n) is 0.663. The van der Waals surface area contributed by atoms with E-state index in [1.165, 1.54) is 0 Å². The van der Waals surface area contributed by atoms with E-state index >= 15 is 0 Å². The smallest absolute Gasteiger partial charge is 0.304 e. The molecule has 0 spiro atoms. The molecule has 0 heterocycles. The van der Waals surface area contributed by atoms with Crippen molar-refractivity contribution in [3.05, 3.63) is 0 Å². The summed E-state index contributed by atoms with van der Waals surface area (Å²) in [5.74, 6) is -1.59. The van der Waals surface area contributed by atoms with Gasteiger partial charge >= 0.3 is 5.97 Å². The molecule has 0 aromatic heterocycles. The fraction of sp³-hybridized carbons (Fsp3) is 0.500. The standard InChI is InChI=1S/C4H6INO3/c5-2(4(6)9)1-3(7)8/h2H,1H2,(H2,6,9)(H,7,8). The van der Waals surface area contributed by atoms with Crippen molar-refractivity contribution in [3.63, 3.8) is 0 Å². The predicted molar refractivity (Wildman–Crippen MR) is 39.3 cm³/mol. The fourth-order valence-electron chi connectivity index (χ4n) is 0.254. The van der Waals surface area contributed by atoms with Crippen LogP contribution in [0.5, 0.6) is 0 Å². The summed E-state index contributed by atoms with van der Waals surface area (Å²) >= 11 is 1.69. The summed E-state index contributed by atoms with van der Waals surface area (Å²) < 4.78 is -0.597. The van der Waals surface area contributed by atoms with Crippen LogP contribution in [0.25, 0.3) is 0 Å². The first-order valence-corrected chi connectivity index (χ1v) is 3.43. The van der Waals surface area contributed by atoms with Crippen molar-refractivity contribution < 1.29 is 14.7 Å². The molecule has 52 valence electrons. The van der Waals surface area contributed by atoms with Gasteiger partial charge in [0.2, 0.25) is 5.91 Å². The highest BCUT2D eigenvalue weighted by atomic mass is 127. The van der Waals surface area contributed by atoms with E-state index in [0.717, 1.165) is 0 Å². The summed E-state index contributed by atoms with van der Waals surface area (Å²) in [5.41, 5.74) is 4.77. The number of primary amides is 1. The normalized spacial score (nSPS) is 12.6. The Morgan fingerprint density at radius 2 is 2.11 bits per heavy atom. The van der Waals surface area contributed by atoms with Gasteiger partial charge < -0.3 is 10.8 Å². The molecule has 0 radical (unpaired) electrons. The number of carboxylic acids is 1. The number of hydrogen-bond donors (Lipinski definition) is 2. The second-order valence-electron chi connectivity index (χ2n) is 1.47. The average molecular weight is 243 g/mol. The van der Waals surface area contributed by atoms with Crippen LogP contribution >= 0.6 is 22.6 Å². The Morgan fingerprint density at radius 3 is 2.22 bits per heavy atom. The molecule has 0 bridgehead atoms. The van der Waals surface area contributed by atoms with Gasteiger partial charge in [0.15, 0.2) is 0 Å². The van der Waals surface area contributed by atoms with Gasteiger partial charge in [-0.2, -0.15) is 0 Å². The topological polar surface area (TPSA) is 80.4 Å². The molecular weight excluding hydrogens is 237 g/mol. The van der Waals surface area contributed by atoms with Gasteiger partial charge in [-0.3, -0.25) is 9.59 Å². The lowest BCUT2D eigenvalue weighted by Gasteiger charge is -1.98. The highest BCUT2D eigenvalue weighted by Gasteiger charge is 2.13. The SMILES string of the molecule is NC(=O)C(I)CC(=O)O. The number of carboxylic acid groups (broad SMARTS) is 1. The molecule has 0 aliphatic rings. The van der Waals surface area contributed by atoms with E-state index in [0.29, 0.717) is 0 Å². The quantitative estimate of drug-likeness (QED) is 0.529. The van der Waals surface area contributed by atoms with Crippen LogP contribution in [-0.4, -0.2) is 20.9 Å². The maximum Gasteiger partial charge on any atom is 0.304 e. The number of rotatable bonds is 3. The Morgan fingerprint density at radius 1 is 1.67 bits per heavy atom. The van der Waals surface area contributed by atoms with E-state index < -0.39 is 15.8 Å². The number of carbonyl (C=O) groups is 2. The first-order chi connectivity index (χ1) is 4.04. The summed E-state index contributed by atoms with van der Waals surface area (Å²) in [5, 5.41) is 8.12. The lowest BCUT2D eigenvalue weighted by atomic mass is 10.3. The number of nitrogens with two attached hydrogens (primary N) is 1. The van der Waals surface area contributed by atoms with Crippen molar-refractivity contribution in [3.8, 4) is 0 Å². The molecule has 0 rings (SSSR count). The van der Waals surface area contributed by atoms with E-state index in [4.69, 9.17) is 10.8 Å². The van der Waals surface area contributed by atoms with Crippen molar-refractivity contribution in [1.82, 2.24) is 0 Å². The molecule has 5 heteroatoms. The van der Waals surface area contributed by atoms with Crippen LogP contribution < -0.4 is 5.73 Å². The zero-order chi connectivity index (χ0) is 7.44. The number of aliphatic carboxylic acids is 1. The maximum atomic E-state index is 10.2. The van der Waals surface area contributed by atoms with Gasteiger partial charge in [0.25, 0.3) is 0 Å². The minimum absolute atomic E-state index is 0.199.